The molecular weight excluding hydrogens is 714 g/mol. The van der Waals surface area contributed by atoms with Crippen molar-refractivity contribution in [3.8, 4) is 0 Å². The summed E-state index contributed by atoms with van der Waals surface area (Å²) in [6.07, 6.45) is -4.13. The van der Waals surface area contributed by atoms with Crippen LogP contribution in [0.25, 0.3) is 0 Å². The summed E-state index contributed by atoms with van der Waals surface area (Å²) in [4.78, 5) is 30.6. The zero-order valence-corrected chi connectivity index (χ0v) is 30.7. The number of ether oxygens (including phenoxy) is 2. The Morgan fingerprint density at radius 3 is 2.31 bits per heavy atom. The molecule has 9 nitrogen and oxygen atoms in total. The fourth-order valence-corrected chi connectivity index (χ4v) is 8.51. The SMILES string of the molecule is CCC(O)(c1cnc(SC[C@H]2O[C@H](CCc3ccccc3NC(=O)[C@@H](NC(=O)OC)C(c3ccccc3)c3ccccc3)CN[C@@H]2C)s1)C(F)(F)F. The number of anilines is 1. The number of aryl methyl sites for hydroxylation is 1. The van der Waals surface area contributed by atoms with Crippen LogP contribution in [-0.2, 0) is 26.3 Å². The minimum atomic E-state index is -4.80. The number of rotatable bonds is 14. The number of nitrogens with zero attached hydrogens (tertiary/aromatic N) is 1. The number of thiazole rings is 1. The monoisotopic (exact) mass is 756 g/mol. The van der Waals surface area contributed by atoms with Gasteiger partial charge in [0.1, 0.15) is 10.4 Å². The van der Waals surface area contributed by atoms with E-state index in [2.05, 4.69) is 20.9 Å². The maximum atomic E-state index is 14.1. The van der Waals surface area contributed by atoms with E-state index in [1.807, 2.05) is 91.9 Å². The van der Waals surface area contributed by atoms with Crippen LogP contribution in [0.3, 0.4) is 0 Å². The molecule has 0 aliphatic carbocycles. The maximum absolute atomic E-state index is 14.1. The summed E-state index contributed by atoms with van der Waals surface area (Å²) < 4.78 is 52.5. The second-order valence-corrected chi connectivity index (χ2v) is 14.9. The highest BCUT2D eigenvalue weighted by atomic mass is 32.2. The van der Waals surface area contributed by atoms with Crippen molar-refractivity contribution >= 4 is 40.8 Å². The molecular formula is C38H43F3N4O5S2. The van der Waals surface area contributed by atoms with E-state index in [1.54, 1.807) is 0 Å². The number of alkyl halides is 3. The molecule has 278 valence electrons. The molecule has 0 saturated carbocycles. The van der Waals surface area contributed by atoms with Gasteiger partial charge >= 0.3 is 12.3 Å². The van der Waals surface area contributed by atoms with E-state index in [-0.39, 0.29) is 23.1 Å². The average Bonchev–Trinajstić information content (AvgIpc) is 3.63. The van der Waals surface area contributed by atoms with Crippen LogP contribution in [0.1, 0.15) is 54.2 Å². The minimum Gasteiger partial charge on any atom is -0.453 e. The van der Waals surface area contributed by atoms with E-state index >= 15 is 0 Å². The lowest BCUT2D eigenvalue weighted by Gasteiger charge is -2.36. The molecule has 1 aromatic heterocycles. The summed E-state index contributed by atoms with van der Waals surface area (Å²) in [6, 6.07) is 25.5. The molecule has 3 aromatic carbocycles. The zero-order valence-electron chi connectivity index (χ0n) is 29.1. The normalized spacial score (nSPS) is 19.4. The Kier molecular flexibility index (Phi) is 13.4. The molecule has 2 heterocycles. The third kappa shape index (κ3) is 9.53. The van der Waals surface area contributed by atoms with E-state index in [1.165, 1.54) is 25.8 Å². The number of hydrogen-bond donors (Lipinski definition) is 4. The Hall–Kier alpha value is -3.95. The number of aliphatic hydroxyl groups is 1. The molecule has 1 fully saturated rings. The highest BCUT2D eigenvalue weighted by molar-refractivity contribution is 8.01. The van der Waals surface area contributed by atoms with E-state index in [9.17, 15) is 27.9 Å². The minimum absolute atomic E-state index is 0.000995. The van der Waals surface area contributed by atoms with Crippen molar-refractivity contribution in [2.75, 3.05) is 24.7 Å². The predicted molar refractivity (Wildman–Crippen MR) is 197 cm³/mol. The van der Waals surface area contributed by atoms with E-state index in [4.69, 9.17) is 9.47 Å². The Morgan fingerprint density at radius 2 is 1.69 bits per heavy atom. The molecule has 1 unspecified atom stereocenters. The molecule has 4 aromatic rings. The third-order valence-electron chi connectivity index (χ3n) is 9.24. The first kappa shape index (κ1) is 39.3. The molecule has 0 bridgehead atoms. The molecule has 1 aliphatic heterocycles. The van der Waals surface area contributed by atoms with Crippen LogP contribution < -0.4 is 16.0 Å². The number of amides is 2. The molecule has 1 aliphatic rings. The van der Waals surface area contributed by atoms with Crippen molar-refractivity contribution < 1.29 is 37.3 Å². The number of para-hydroxylation sites is 1. The van der Waals surface area contributed by atoms with Crippen molar-refractivity contribution in [1.29, 1.82) is 0 Å². The molecule has 14 heteroatoms. The van der Waals surface area contributed by atoms with Crippen molar-refractivity contribution in [3.05, 3.63) is 113 Å². The second-order valence-electron chi connectivity index (χ2n) is 12.6. The Labute approximate surface area is 309 Å². The molecule has 5 rings (SSSR count). The lowest BCUT2D eigenvalue weighted by molar-refractivity contribution is -0.266. The highest BCUT2D eigenvalue weighted by Crippen LogP contribution is 2.44. The number of nitrogens with one attached hydrogen (secondary N) is 3. The smallest absolute Gasteiger partial charge is 0.422 e. The summed E-state index contributed by atoms with van der Waals surface area (Å²) in [6.45, 7) is 3.90. The number of aromatic nitrogens is 1. The summed E-state index contributed by atoms with van der Waals surface area (Å²) >= 11 is 2.14. The summed E-state index contributed by atoms with van der Waals surface area (Å²) in [5.41, 5.74) is 0.270. The van der Waals surface area contributed by atoms with Gasteiger partial charge in [-0.25, -0.2) is 9.78 Å². The Balaban J connectivity index is 1.25. The van der Waals surface area contributed by atoms with Crippen LogP contribution in [0.5, 0.6) is 0 Å². The van der Waals surface area contributed by atoms with Gasteiger partial charge in [-0.3, -0.25) is 4.79 Å². The first-order valence-electron chi connectivity index (χ1n) is 17.0. The molecule has 52 heavy (non-hydrogen) atoms. The fraction of sp³-hybridized carbons (Fsp3) is 0.395. The molecule has 2 amide bonds. The van der Waals surface area contributed by atoms with Gasteiger partial charge in [-0.1, -0.05) is 97.5 Å². The van der Waals surface area contributed by atoms with Gasteiger partial charge in [0.15, 0.2) is 5.60 Å². The second kappa shape index (κ2) is 17.7. The van der Waals surface area contributed by atoms with E-state index < -0.39 is 42.2 Å². The highest BCUT2D eigenvalue weighted by Gasteiger charge is 2.54. The number of methoxy groups -OCH3 is 1. The van der Waals surface area contributed by atoms with Crippen LogP contribution in [0.15, 0.2) is 95.5 Å². The van der Waals surface area contributed by atoms with Gasteiger partial charge in [0.2, 0.25) is 5.91 Å². The first-order chi connectivity index (χ1) is 24.9. The van der Waals surface area contributed by atoms with Crippen LogP contribution in [0.2, 0.25) is 0 Å². The fourth-order valence-electron chi connectivity index (χ4n) is 6.17. The summed E-state index contributed by atoms with van der Waals surface area (Å²) in [5.74, 6) is -0.458. The Bertz CT molecular complexity index is 1720. The summed E-state index contributed by atoms with van der Waals surface area (Å²) in [7, 11) is 1.26. The van der Waals surface area contributed by atoms with Gasteiger partial charge in [-0.2, -0.15) is 13.2 Å². The number of carbonyl (C=O) groups excluding carboxylic acids is 2. The van der Waals surface area contributed by atoms with Crippen LogP contribution in [0.4, 0.5) is 23.7 Å². The number of morpholine rings is 1. The van der Waals surface area contributed by atoms with Gasteiger partial charge in [0, 0.05) is 36.1 Å². The van der Waals surface area contributed by atoms with Gasteiger partial charge < -0.3 is 30.5 Å². The third-order valence-corrected chi connectivity index (χ3v) is 11.6. The molecule has 1 saturated heterocycles. The van der Waals surface area contributed by atoms with E-state index in [0.29, 0.717) is 35.2 Å². The van der Waals surface area contributed by atoms with Crippen LogP contribution in [-0.4, -0.2) is 72.0 Å². The van der Waals surface area contributed by atoms with Crippen LogP contribution >= 0.6 is 23.1 Å². The summed E-state index contributed by atoms with van der Waals surface area (Å²) in [5, 5.41) is 19.6. The number of thioether (sulfide) groups is 1. The Morgan fingerprint density at radius 1 is 1.06 bits per heavy atom. The number of hydrogen-bond acceptors (Lipinski definition) is 9. The molecule has 4 N–H and O–H groups in total. The van der Waals surface area contributed by atoms with Gasteiger partial charge in [-0.05, 0) is 48.9 Å². The number of alkyl carbamates (subject to hydrolysis) is 1. The zero-order chi connectivity index (χ0) is 37.3. The topological polar surface area (TPSA) is 122 Å². The first-order valence-corrected chi connectivity index (χ1v) is 18.8. The lowest BCUT2D eigenvalue weighted by atomic mass is 9.84. The molecule has 5 atom stereocenters. The van der Waals surface area contributed by atoms with Crippen molar-refractivity contribution in [2.24, 2.45) is 0 Å². The lowest BCUT2D eigenvalue weighted by Crippen LogP contribution is -2.52. The van der Waals surface area contributed by atoms with Gasteiger partial charge in [0.05, 0.1) is 24.2 Å². The number of halogens is 3. The standard InChI is InChI=1S/C38H43F3N4O5S2/c1-4-37(48,38(39,40)41)31-22-43-36(52-31)51-23-30-24(2)42-21-28(50-30)20-19-25-13-11-12-18-29(25)44-34(46)33(45-35(47)49-3)32(26-14-7-5-8-15-26)27-16-9-6-10-17-27/h5-18,22,24,28,30,32-33,42,48H,4,19-21,23H2,1-3H3,(H,44,46)(H,45,47)/t24-,28-,30-,33+,37?/m1/s1. The molecule has 0 spiro atoms. The van der Waals surface area contributed by atoms with Crippen molar-refractivity contribution in [2.45, 2.75) is 79.4 Å². The van der Waals surface area contributed by atoms with Gasteiger partial charge in [0.25, 0.3) is 0 Å². The quantitative estimate of drug-likeness (QED) is 0.0993. The average molecular weight is 757 g/mol. The number of carbonyl (C=O) groups is 2. The van der Waals surface area contributed by atoms with Gasteiger partial charge in [-0.15, -0.1) is 11.3 Å². The van der Waals surface area contributed by atoms with E-state index in [0.717, 1.165) is 34.2 Å². The maximum Gasteiger partial charge on any atom is 0.422 e. The largest absolute Gasteiger partial charge is 0.453 e. The van der Waals surface area contributed by atoms with Crippen LogP contribution in [0, 0.1) is 0 Å². The predicted octanol–water partition coefficient (Wildman–Crippen LogP) is 7.27. The molecule has 0 radical (unpaired) electrons. The van der Waals surface area contributed by atoms with Crippen molar-refractivity contribution in [1.82, 2.24) is 15.6 Å². The number of benzene rings is 3. The van der Waals surface area contributed by atoms with Crippen molar-refractivity contribution in [3.63, 3.8) is 0 Å².